The smallest absolute Gasteiger partial charge is 0.0360 e. The van der Waals surface area contributed by atoms with Gasteiger partial charge in [0.2, 0.25) is 0 Å². The normalized spacial score (nSPS) is 15.1. The molecule has 1 aliphatic rings. The van der Waals surface area contributed by atoms with Crippen molar-refractivity contribution >= 4 is 6.08 Å². The third-order valence-corrected chi connectivity index (χ3v) is 2.33. The summed E-state index contributed by atoms with van der Waals surface area (Å²) in [4.78, 5) is 2.26. The van der Waals surface area contributed by atoms with Gasteiger partial charge < -0.3 is 4.90 Å². The molecule has 1 heteroatoms. The van der Waals surface area contributed by atoms with Crippen LogP contribution in [0.15, 0.2) is 60.8 Å². The van der Waals surface area contributed by atoms with Gasteiger partial charge in [-0.2, -0.15) is 0 Å². The number of hydrogen-bond acceptors (Lipinski definition) is 1. The van der Waals surface area contributed by atoms with Gasteiger partial charge in [-0.3, -0.25) is 0 Å². The van der Waals surface area contributed by atoms with Gasteiger partial charge in [0, 0.05) is 13.1 Å². The fraction of sp³-hybridized carbons (Fsp3) is 0.143. The van der Waals surface area contributed by atoms with E-state index in [0.717, 1.165) is 13.1 Å². The summed E-state index contributed by atoms with van der Waals surface area (Å²) in [6.45, 7) is 1.98. The van der Waals surface area contributed by atoms with E-state index in [4.69, 9.17) is 0 Å². The topological polar surface area (TPSA) is 3.24 Å². The molecule has 0 aromatic heterocycles. The van der Waals surface area contributed by atoms with E-state index in [9.17, 15) is 0 Å². The maximum Gasteiger partial charge on any atom is 0.0360 e. The summed E-state index contributed by atoms with van der Waals surface area (Å²) in [6, 6.07) is 10.4. The molecule has 2 rings (SSSR count). The van der Waals surface area contributed by atoms with Crippen LogP contribution in [0.5, 0.6) is 0 Å². The fourth-order valence-electron chi connectivity index (χ4n) is 1.53. The van der Waals surface area contributed by atoms with E-state index in [1.165, 1.54) is 5.56 Å². The molecule has 0 spiro atoms. The Balaban J connectivity index is 1.85. The van der Waals surface area contributed by atoms with Crippen LogP contribution in [0.1, 0.15) is 5.56 Å². The summed E-state index contributed by atoms with van der Waals surface area (Å²) >= 11 is 0. The third-order valence-electron chi connectivity index (χ3n) is 2.33. The van der Waals surface area contributed by atoms with Gasteiger partial charge in [-0.15, -0.1) is 0 Å². The predicted octanol–water partition coefficient (Wildman–Crippen LogP) is 3.09. The maximum absolute atomic E-state index is 2.26. The largest absolute Gasteiger partial charge is 0.370 e. The molecular formula is C14H15N. The highest BCUT2D eigenvalue weighted by atomic mass is 15.1. The monoisotopic (exact) mass is 197 g/mol. The summed E-state index contributed by atoms with van der Waals surface area (Å²) in [5.74, 6) is 0. The van der Waals surface area contributed by atoms with Gasteiger partial charge in [0.25, 0.3) is 0 Å². The second-order valence-corrected chi connectivity index (χ2v) is 3.54. The van der Waals surface area contributed by atoms with Crippen molar-refractivity contribution in [2.45, 2.75) is 0 Å². The zero-order chi connectivity index (χ0) is 10.3. The lowest BCUT2D eigenvalue weighted by Crippen LogP contribution is -2.18. The molecule has 0 saturated heterocycles. The highest BCUT2D eigenvalue weighted by Gasteiger charge is 1.94. The lowest BCUT2D eigenvalue weighted by atomic mass is 10.2. The molecular weight excluding hydrogens is 182 g/mol. The van der Waals surface area contributed by atoms with Crippen LogP contribution >= 0.6 is 0 Å². The number of hydrogen-bond donors (Lipinski definition) is 0. The number of benzene rings is 1. The van der Waals surface area contributed by atoms with E-state index in [1.807, 2.05) is 6.07 Å². The number of nitrogens with zero attached hydrogens (tertiary/aromatic N) is 1. The van der Waals surface area contributed by atoms with Crippen LogP contribution in [0.3, 0.4) is 0 Å². The fourth-order valence-corrected chi connectivity index (χ4v) is 1.53. The van der Waals surface area contributed by atoms with Gasteiger partial charge in [-0.1, -0.05) is 54.6 Å². The van der Waals surface area contributed by atoms with Gasteiger partial charge in [-0.05, 0) is 17.8 Å². The third kappa shape index (κ3) is 3.13. The lowest BCUT2D eigenvalue weighted by Gasteiger charge is -2.17. The zero-order valence-electron chi connectivity index (χ0n) is 8.71. The SMILES string of the molecule is C1=CCN(CC=Cc2ccccc2)C=C1. The maximum atomic E-state index is 2.26. The minimum absolute atomic E-state index is 0.968. The Morgan fingerprint density at radius 1 is 1.13 bits per heavy atom. The van der Waals surface area contributed by atoms with E-state index >= 15 is 0 Å². The van der Waals surface area contributed by atoms with Crippen molar-refractivity contribution in [1.29, 1.82) is 0 Å². The molecule has 15 heavy (non-hydrogen) atoms. The highest BCUT2D eigenvalue weighted by Crippen LogP contribution is 2.03. The Kier molecular flexibility index (Phi) is 3.39. The van der Waals surface area contributed by atoms with Crippen molar-refractivity contribution in [3.05, 3.63) is 66.4 Å². The van der Waals surface area contributed by atoms with Crippen LogP contribution in [0.25, 0.3) is 6.08 Å². The molecule has 1 nitrogen and oxygen atoms in total. The molecule has 0 fully saturated rings. The Bertz CT molecular complexity index is 374. The Labute approximate surface area is 91.0 Å². The van der Waals surface area contributed by atoms with E-state index < -0.39 is 0 Å². The van der Waals surface area contributed by atoms with Crippen molar-refractivity contribution in [2.75, 3.05) is 13.1 Å². The van der Waals surface area contributed by atoms with Crippen LogP contribution in [0.4, 0.5) is 0 Å². The van der Waals surface area contributed by atoms with E-state index in [0.29, 0.717) is 0 Å². The van der Waals surface area contributed by atoms with Crippen molar-refractivity contribution in [3.63, 3.8) is 0 Å². The molecule has 0 N–H and O–H groups in total. The molecule has 0 saturated carbocycles. The summed E-state index contributed by atoms with van der Waals surface area (Å²) < 4.78 is 0. The summed E-state index contributed by atoms with van der Waals surface area (Å²) in [6.07, 6.45) is 12.8. The quantitative estimate of drug-likeness (QED) is 0.719. The average Bonchev–Trinajstić information content (AvgIpc) is 2.32. The molecule has 0 aliphatic carbocycles. The predicted molar refractivity (Wildman–Crippen MR) is 65.3 cm³/mol. The van der Waals surface area contributed by atoms with Gasteiger partial charge in [0.1, 0.15) is 0 Å². The summed E-state index contributed by atoms with van der Waals surface area (Å²) in [5.41, 5.74) is 1.26. The molecule has 1 aromatic rings. The van der Waals surface area contributed by atoms with Crippen LogP contribution in [0, 0.1) is 0 Å². The molecule has 0 unspecified atom stereocenters. The minimum Gasteiger partial charge on any atom is -0.370 e. The second-order valence-electron chi connectivity index (χ2n) is 3.54. The Hall–Kier alpha value is -1.76. The number of allylic oxidation sites excluding steroid dienone is 2. The van der Waals surface area contributed by atoms with E-state index in [1.54, 1.807) is 0 Å². The first-order valence-electron chi connectivity index (χ1n) is 5.24. The first-order chi connectivity index (χ1) is 7.45. The van der Waals surface area contributed by atoms with E-state index in [-0.39, 0.29) is 0 Å². The first kappa shape index (κ1) is 9.78. The molecule has 0 radical (unpaired) electrons. The summed E-state index contributed by atoms with van der Waals surface area (Å²) in [7, 11) is 0. The zero-order valence-corrected chi connectivity index (χ0v) is 8.71. The van der Waals surface area contributed by atoms with Crippen LogP contribution in [0.2, 0.25) is 0 Å². The molecule has 0 amide bonds. The van der Waals surface area contributed by atoms with Crippen molar-refractivity contribution in [2.24, 2.45) is 0 Å². The first-order valence-corrected chi connectivity index (χ1v) is 5.24. The van der Waals surface area contributed by atoms with Gasteiger partial charge in [0.05, 0.1) is 0 Å². The Morgan fingerprint density at radius 2 is 2.00 bits per heavy atom. The molecule has 1 aliphatic heterocycles. The minimum atomic E-state index is 0.968. The molecule has 0 atom stereocenters. The molecule has 0 bridgehead atoms. The second kappa shape index (κ2) is 5.20. The van der Waals surface area contributed by atoms with Crippen molar-refractivity contribution in [1.82, 2.24) is 4.90 Å². The standard InChI is InChI=1S/C14H15N/c1-3-8-14(9-4-1)10-7-13-15-11-5-2-6-12-15/h1-11H,12-13H2. The molecule has 1 aromatic carbocycles. The van der Waals surface area contributed by atoms with Crippen molar-refractivity contribution in [3.8, 4) is 0 Å². The molecule has 76 valence electrons. The van der Waals surface area contributed by atoms with Crippen LogP contribution in [-0.2, 0) is 0 Å². The number of rotatable bonds is 3. The van der Waals surface area contributed by atoms with Gasteiger partial charge >= 0.3 is 0 Å². The van der Waals surface area contributed by atoms with E-state index in [2.05, 4.69) is 65.7 Å². The lowest BCUT2D eigenvalue weighted by molar-refractivity contribution is 0.458. The van der Waals surface area contributed by atoms with Crippen LogP contribution in [-0.4, -0.2) is 18.0 Å². The van der Waals surface area contributed by atoms with Crippen LogP contribution < -0.4 is 0 Å². The highest BCUT2D eigenvalue weighted by molar-refractivity contribution is 5.48. The average molecular weight is 197 g/mol. The van der Waals surface area contributed by atoms with Gasteiger partial charge in [-0.25, -0.2) is 0 Å². The van der Waals surface area contributed by atoms with Crippen molar-refractivity contribution < 1.29 is 0 Å². The Morgan fingerprint density at radius 3 is 2.73 bits per heavy atom. The van der Waals surface area contributed by atoms with Gasteiger partial charge in [0.15, 0.2) is 0 Å². The summed E-state index contributed by atoms with van der Waals surface area (Å²) in [5, 5.41) is 0. The molecule has 1 heterocycles.